The van der Waals surface area contributed by atoms with Gasteiger partial charge in [0, 0.05) is 6.04 Å². The highest BCUT2D eigenvalue weighted by molar-refractivity contribution is 4.99. The van der Waals surface area contributed by atoms with E-state index < -0.39 is 0 Å². The summed E-state index contributed by atoms with van der Waals surface area (Å²) in [6, 6.07) is 0.879. The topological polar surface area (TPSA) is 12.0 Å². The number of hydrogen-bond acceptors (Lipinski definition) is 1. The van der Waals surface area contributed by atoms with Crippen molar-refractivity contribution in [2.75, 3.05) is 6.54 Å². The first-order valence-electron chi connectivity index (χ1n) is 6.30. The maximum absolute atomic E-state index is 3.78. The van der Waals surface area contributed by atoms with E-state index in [1.54, 1.807) is 6.42 Å². The Hall–Kier alpha value is -0.300. The van der Waals surface area contributed by atoms with Crippen LogP contribution in [0, 0.1) is 17.8 Å². The molecule has 0 heterocycles. The lowest BCUT2D eigenvalue weighted by molar-refractivity contribution is 0.390. The number of hydrogen-bond donors (Lipinski definition) is 1. The van der Waals surface area contributed by atoms with E-state index in [9.17, 15) is 0 Å². The van der Waals surface area contributed by atoms with Gasteiger partial charge in [0.05, 0.1) is 0 Å². The molecule has 78 valence electrons. The molecule has 2 saturated carbocycles. The van der Waals surface area contributed by atoms with E-state index in [1.165, 1.54) is 38.6 Å². The summed E-state index contributed by atoms with van der Waals surface area (Å²) in [5.74, 6) is 3.18. The molecule has 0 aromatic rings. The molecule has 1 N–H and O–H groups in total. The van der Waals surface area contributed by atoms with Crippen molar-refractivity contribution >= 4 is 0 Å². The van der Waals surface area contributed by atoms with Crippen molar-refractivity contribution in [3.05, 3.63) is 12.2 Å². The maximum Gasteiger partial charge on any atom is 0.00726 e. The third-order valence-electron chi connectivity index (χ3n) is 4.32. The summed E-state index contributed by atoms with van der Waals surface area (Å²) in [5.41, 5.74) is 0. The Morgan fingerprint density at radius 2 is 1.93 bits per heavy atom. The molecule has 0 radical (unpaired) electrons. The summed E-state index contributed by atoms with van der Waals surface area (Å²) >= 11 is 0. The largest absolute Gasteiger partial charge is 0.314 e. The summed E-state index contributed by atoms with van der Waals surface area (Å²) in [4.78, 5) is 0. The van der Waals surface area contributed by atoms with Gasteiger partial charge >= 0.3 is 0 Å². The minimum absolute atomic E-state index is 0.879. The van der Waals surface area contributed by atoms with Crippen molar-refractivity contribution in [2.24, 2.45) is 17.8 Å². The van der Waals surface area contributed by atoms with E-state index >= 15 is 0 Å². The molecule has 3 aliphatic rings. The highest BCUT2D eigenvalue weighted by Gasteiger charge is 2.45. The van der Waals surface area contributed by atoms with Crippen LogP contribution in [0.4, 0.5) is 0 Å². The Morgan fingerprint density at radius 3 is 2.64 bits per heavy atom. The van der Waals surface area contributed by atoms with Gasteiger partial charge in [0.2, 0.25) is 0 Å². The summed E-state index contributed by atoms with van der Waals surface area (Å²) in [5, 5.41) is 3.78. The Kier molecular flexibility index (Phi) is 2.36. The molecule has 1 heteroatoms. The predicted molar refractivity (Wildman–Crippen MR) is 59.1 cm³/mol. The molecule has 1 nitrogen and oxygen atoms in total. The molecule has 0 aliphatic heterocycles. The van der Waals surface area contributed by atoms with Gasteiger partial charge in [-0.15, -0.1) is 0 Å². The van der Waals surface area contributed by atoms with Gasteiger partial charge in [0.1, 0.15) is 0 Å². The second-order valence-corrected chi connectivity index (χ2v) is 5.48. The average molecular weight is 191 g/mol. The van der Waals surface area contributed by atoms with Crippen LogP contribution in [-0.2, 0) is 0 Å². The minimum Gasteiger partial charge on any atom is -0.314 e. The van der Waals surface area contributed by atoms with Crippen LogP contribution in [0.15, 0.2) is 12.2 Å². The van der Waals surface area contributed by atoms with E-state index in [2.05, 4.69) is 17.5 Å². The molecule has 2 fully saturated rings. The average Bonchev–Trinajstić information content (AvgIpc) is 2.85. The fraction of sp³-hybridized carbons (Fsp3) is 0.846. The van der Waals surface area contributed by atoms with E-state index in [4.69, 9.17) is 0 Å². The smallest absolute Gasteiger partial charge is 0.00726 e. The predicted octanol–water partition coefficient (Wildman–Crippen LogP) is 2.73. The lowest BCUT2D eigenvalue weighted by Gasteiger charge is -2.21. The second-order valence-electron chi connectivity index (χ2n) is 5.48. The summed E-state index contributed by atoms with van der Waals surface area (Å²) in [7, 11) is 0. The summed E-state index contributed by atoms with van der Waals surface area (Å²) < 4.78 is 0. The van der Waals surface area contributed by atoms with Crippen LogP contribution in [0.5, 0.6) is 0 Å². The molecule has 3 rings (SSSR count). The van der Waals surface area contributed by atoms with E-state index in [-0.39, 0.29) is 0 Å². The Bertz CT molecular complexity index is 223. The molecule has 0 bridgehead atoms. The zero-order chi connectivity index (χ0) is 9.38. The molecule has 0 amide bonds. The van der Waals surface area contributed by atoms with Crippen molar-refractivity contribution in [1.82, 2.24) is 5.32 Å². The van der Waals surface area contributed by atoms with Crippen molar-refractivity contribution in [3.8, 4) is 0 Å². The van der Waals surface area contributed by atoms with E-state index in [0.717, 1.165) is 23.8 Å². The number of fused-ring (bicyclic) bond motifs is 1. The zero-order valence-corrected chi connectivity index (χ0v) is 8.91. The van der Waals surface area contributed by atoms with Gasteiger partial charge in [-0.2, -0.15) is 0 Å². The Morgan fingerprint density at radius 1 is 1.07 bits per heavy atom. The first-order chi connectivity index (χ1) is 6.92. The third kappa shape index (κ3) is 1.88. The molecule has 3 unspecified atom stereocenters. The fourth-order valence-corrected chi connectivity index (χ4v) is 3.26. The molecule has 0 saturated heterocycles. The van der Waals surface area contributed by atoms with Crippen LogP contribution in [0.25, 0.3) is 0 Å². The van der Waals surface area contributed by atoms with Crippen LogP contribution in [0.1, 0.15) is 38.5 Å². The lowest BCUT2D eigenvalue weighted by atomic mass is 9.94. The van der Waals surface area contributed by atoms with Crippen LogP contribution >= 0.6 is 0 Å². The molecule has 3 atom stereocenters. The van der Waals surface area contributed by atoms with E-state index in [0.29, 0.717) is 0 Å². The van der Waals surface area contributed by atoms with Crippen molar-refractivity contribution in [1.29, 1.82) is 0 Å². The van der Waals surface area contributed by atoms with Crippen LogP contribution in [0.2, 0.25) is 0 Å². The number of nitrogens with one attached hydrogen (secondary N) is 1. The minimum atomic E-state index is 0.879. The molecule has 0 spiro atoms. The maximum atomic E-state index is 3.78. The fourth-order valence-electron chi connectivity index (χ4n) is 3.26. The number of rotatable bonds is 3. The lowest BCUT2D eigenvalue weighted by Crippen LogP contribution is -2.32. The summed E-state index contributed by atoms with van der Waals surface area (Å²) in [6.07, 6.45) is 13.2. The van der Waals surface area contributed by atoms with Crippen LogP contribution < -0.4 is 5.32 Å². The first kappa shape index (κ1) is 8.96. The quantitative estimate of drug-likeness (QED) is 0.676. The van der Waals surface area contributed by atoms with Crippen LogP contribution in [-0.4, -0.2) is 12.6 Å². The Balaban J connectivity index is 1.39. The van der Waals surface area contributed by atoms with Gasteiger partial charge in [0.25, 0.3) is 0 Å². The monoisotopic (exact) mass is 191 g/mol. The highest BCUT2D eigenvalue weighted by Crippen LogP contribution is 2.51. The normalized spacial score (nSPS) is 45.1. The van der Waals surface area contributed by atoms with Gasteiger partial charge in [0.15, 0.2) is 0 Å². The SMILES string of the molecule is C1=CCC(CNC2CC3CC3C2)CC1. The van der Waals surface area contributed by atoms with Crippen molar-refractivity contribution in [3.63, 3.8) is 0 Å². The molecular formula is C13H21N. The highest BCUT2D eigenvalue weighted by atomic mass is 14.9. The molecule has 0 aromatic heterocycles. The van der Waals surface area contributed by atoms with Gasteiger partial charge in [-0.3, -0.25) is 0 Å². The van der Waals surface area contributed by atoms with Gasteiger partial charge in [-0.1, -0.05) is 12.2 Å². The van der Waals surface area contributed by atoms with Crippen LogP contribution in [0.3, 0.4) is 0 Å². The first-order valence-corrected chi connectivity index (χ1v) is 6.30. The number of allylic oxidation sites excluding steroid dienone is 2. The van der Waals surface area contributed by atoms with Gasteiger partial charge < -0.3 is 5.32 Å². The molecule has 0 aromatic carbocycles. The third-order valence-corrected chi connectivity index (χ3v) is 4.32. The van der Waals surface area contributed by atoms with Gasteiger partial charge in [-0.25, -0.2) is 0 Å². The second kappa shape index (κ2) is 3.69. The van der Waals surface area contributed by atoms with Gasteiger partial charge in [-0.05, 0) is 62.8 Å². The summed E-state index contributed by atoms with van der Waals surface area (Å²) in [6.45, 7) is 1.27. The molecular weight excluding hydrogens is 170 g/mol. The van der Waals surface area contributed by atoms with Crippen molar-refractivity contribution < 1.29 is 0 Å². The van der Waals surface area contributed by atoms with E-state index in [1.807, 2.05) is 0 Å². The standard InChI is InChI=1S/C13H21N/c1-2-4-10(5-3-1)9-14-13-7-11-6-12(11)8-13/h1-2,10-14H,3-9H2. The Labute approximate surface area is 87.0 Å². The zero-order valence-electron chi connectivity index (χ0n) is 8.91. The van der Waals surface area contributed by atoms with Crippen molar-refractivity contribution in [2.45, 2.75) is 44.6 Å². The molecule has 3 aliphatic carbocycles. The molecule has 14 heavy (non-hydrogen) atoms.